The maximum atomic E-state index is 12.6. The quantitative estimate of drug-likeness (QED) is 0.527. The van der Waals surface area contributed by atoms with Crippen LogP contribution >= 0.6 is 23.1 Å². The zero-order valence-corrected chi connectivity index (χ0v) is 19.3. The zero-order valence-electron chi connectivity index (χ0n) is 17.6. The molecule has 1 aliphatic rings. The fourth-order valence-electron chi connectivity index (χ4n) is 3.66. The number of anilines is 1. The van der Waals surface area contributed by atoms with Crippen LogP contribution in [0, 0.1) is 12.3 Å². The molecule has 8 heteroatoms. The molecule has 2 aromatic carbocycles. The summed E-state index contributed by atoms with van der Waals surface area (Å²) in [5, 5.41) is 0. The molecule has 0 spiro atoms. The molecular formula is C24H24N4O2S2. The predicted octanol–water partition coefficient (Wildman–Crippen LogP) is 2.85. The number of nitrogens with zero attached hydrogens (tertiary/aromatic N) is 4. The third-order valence-electron chi connectivity index (χ3n) is 5.26. The lowest BCUT2D eigenvalue weighted by atomic mass is 10.2. The lowest BCUT2D eigenvalue weighted by Crippen LogP contribution is -2.49. The summed E-state index contributed by atoms with van der Waals surface area (Å²) in [4.78, 5) is 34.0. The molecule has 4 rings (SSSR count). The molecule has 0 atom stereocenters. The summed E-state index contributed by atoms with van der Waals surface area (Å²) < 4.78 is 2.91. The topological polar surface area (TPSA) is 57.9 Å². The average molecular weight is 465 g/mol. The van der Waals surface area contributed by atoms with E-state index in [1.165, 1.54) is 28.8 Å². The van der Waals surface area contributed by atoms with Crippen LogP contribution in [0.4, 0.5) is 5.69 Å². The van der Waals surface area contributed by atoms with Gasteiger partial charge in [-0.05, 0) is 24.3 Å². The van der Waals surface area contributed by atoms with Crippen LogP contribution in [0.15, 0.2) is 59.6 Å². The van der Waals surface area contributed by atoms with Crippen LogP contribution in [0.2, 0.25) is 0 Å². The van der Waals surface area contributed by atoms with Gasteiger partial charge >= 0.3 is 0 Å². The highest BCUT2D eigenvalue weighted by molar-refractivity contribution is 8.00. The molecule has 0 bridgehead atoms. The number of amides is 2. The largest absolute Gasteiger partial charge is 0.368 e. The van der Waals surface area contributed by atoms with E-state index in [9.17, 15) is 9.59 Å². The normalized spacial score (nSPS) is 14.5. The molecular weight excluding hydrogens is 440 g/mol. The van der Waals surface area contributed by atoms with E-state index in [0.29, 0.717) is 24.4 Å². The number of benzene rings is 2. The molecule has 164 valence electrons. The third kappa shape index (κ3) is 5.23. The van der Waals surface area contributed by atoms with Crippen molar-refractivity contribution in [2.45, 2.75) is 6.54 Å². The number of para-hydroxylation sites is 2. The number of thiazole rings is 1. The van der Waals surface area contributed by atoms with E-state index in [1.54, 1.807) is 0 Å². The summed E-state index contributed by atoms with van der Waals surface area (Å²) in [6, 6.07) is 18.1. The van der Waals surface area contributed by atoms with Crippen LogP contribution in [0.25, 0.3) is 10.2 Å². The van der Waals surface area contributed by atoms with Gasteiger partial charge in [-0.15, -0.1) is 18.2 Å². The average Bonchev–Trinajstić information content (AvgIpc) is 3.17. The molecule has 0 saturated carbocycles. The number of carbonyl (C=O) groups is 2. The van der Waals surface area contributed by atoms with Crippen LogP contribution in [0.3, 0.4) is 0 Å². The van der Waals surface area contributed by atoms with Gasteiger partial charge in [0.2, 0.25) is 5.91 Å². The molecule has 1 saturated heterocycles. The second-order valence-electron chi connectivity index (χ2n) is 7.34. The van der Waals surface area contributed by atoms with E-state index in [0.717, 1.165) is 23.3 Å². The lowest BCUT2D eigenvalue weighted by molar-refractivity contribution is -0.128. The number of terminal acetylenes is 1. The molecule has 0 aliphatic carbocycles. The Kier molecular flexibility index (Phi) is 7.30. The zero-order chi connectivity index (χ0) is 22.3. The van der Waals surface area contributed by atoms with Gasteiger partial charge in [-0.2, -0.15) is 4.99 Å². The first kappa shape index (κ1) is 22.2. The second kappa shape index (κ2) is 10.5. The van der Waals surface area contributed by atoms with E-state index in [1.807, 2.05) is 51.9 Å². The molecule has 2 amide bonds. The number of piperazine rings is 1. The molecule has 6 nitrogen and oxygen atoms in total. The van der Waals surface area contributed by atoms with Gasteiger partial charge in [0.1, 0.15) is 0 Å². The van der Waals surface area contributed by atoms with Crippen molar-refractivity contribution in [2.75, 3.05) is 42.6 Å². The monoisotopic (exact) mass is 464 g/mol. The molecule has 32 heavy (non-hydrogen) atoms. The van der Waals surface area contributed by atoms with Gasteiger partial charge in [-0.25, -0.2) is 0 Å². The minimum Gasteiger partial charge on any atom is -0.368 e. The number of thioether (sulfide) groups is 1. The highest BCUT2D eigenvalue weighted by atomic mass is 32.2. The molecule has 3 aromatic rings. The maximum absolute atomic E-state index is 12.6. The van der Waals surface area contributed by atoms with Crippen LogP contribution in [-0.4, -0.2) is 59.0 Å². The Balaban J connectivity index is 1.29. The molecule has 0 radical (unpaired) electrons. The van der Waals surface area contributed by atoms with Crippen molar-refractivity contribution in [1.29, 1.82) is 0 Å². The van der Waals surface area contributed by atoms with Gasteiger partial charge in [-0.1, -0.05) is 47.6 Å². The summed E-state index contributed by atoms with van der Waals surface area (Å²) in [7, 11) is 0. The van der Waals surface area contributed by atoms with Gasteiger partial charge in [0.05, 0.1) is 28.3 Å². The number of rotatable bonds is 6. The summed E-state index contributed by atoms with van der Waals surface area (Å²) in [5.41, 5.74) is 2.16. The Morgan fingerprint density at radius 1 is 1.00 bits per heavy atom. The van der Waals surface area contributed by atoms with Crippen LogP contribution in [0.1, 0.15) is 0 Å². The Labute approximate surface area is 195 Å². The molecule has 1 aromatic heterocycles. The van der Waals surface area contributed by atoms with Gasteiger partial charge < -0.3 is 14.4 Å². The van der Waals surface area contributed by atoms with Gasteiger partial charge in [-0.3, -0.25) is 9.59 Å². The van der Waals surface area contributed by atoms with Crippen molar-refractivity contribution in [2.24, 2.45) is 4.99 Å². The number of aromatic nitrogens is 1. The fourth-order valence-corrected chi connectivity index (χ4v) is 5.40. The van der Waals surface area contributed by atoms with Crippen LogP contribution < -0.4 is 9.70 Å². The number of fused-ring (bicyclic) bond motifs is 1. The summed E-state index contributed by atoms with van der Waals surface area (Å²) >= 11 is 2.76. The number of hydrogen-bond donors (Lipinski definition) is 0. The molecule has 1 aliphatic heterocycles. The lowest BCUT2D eigenvalue weighted by Gasteiger charge is -2.36. The van der Waals surface area contributed by atoms with E-state index in [-0.39, 0.29) is 23.3 Å². The van der Waals surface area contributed by atoms with E-state index >= 15 is 0 Å². The maximum Gasteiger partial charge on any atom is 0.258 e. The van der Waals surface area contributed by atoms with Crippen molar-refractivity contribution in [1.82, 2.24) is 9.47 Å². The van der Waals surface area contributed by atoms with Crippen molar-refractivity contribution >= 4 is 50.8 Å². The van der Waals surface area contributed by atoms with Crippen LogP contribution in [-0.2, 0) is 16.1 Å². The second-order valence-corrected chi connectivity index (χ2v) is 9.34. The Hall–Kier alpha value is -3.02. The molecule has 2 heterocycles. The standard InChI is InChI=1S/C24H24N4O2S2/c1-2-12-28-20-10-6-7-11-21(20)32-24(28)25-22(29)17-31-18-23(30)27-15-13-26(14-16-27)19-8-4-3-5-9-19/h1,3-11H,12-18H2. The highest BCUT2D eigenvalue weighted by Crippen LogP contribution is 2.17. The Morgan fingerprint density at radius 3 is 2.47 bits per heavy atom. The Morgan fingerprint density at radius 2 is 1.72 bits per heavy atom. The summed E-state index contributed by atoms with van der Waals surface area (Å²) in [6.45, 7) is 3.38. The third-order valence-corrected chi connectivity index (χ3v) is 7.22. The van der Waals surface area contributed by atoms with Crippen molar-refractivity contribution in [3.05, 3.63) is 59.4 Å². The first-order valence-electron chi connectivity index (χ1n) is 10.4. The first-order chi connectivity index (χ1) is 15.7. The van der Waals surface area contributed by atoms with Crippen molar-refractivity contribution in [3.63, 3.8) is 0 Å². The first-order valence-corrected chi connectivity index (χ1v) is 12.4. The SMILES string of the molecule is C#CCn1c(=NC(=O)CSCC(=O)N2CCN(c3ccccc3)CC2)sc2ccccc21. The fraction of sp³-hybridized carbons (Fsp3) is 0.292. The van der Waals surface area contributed by atoms with Gasteiger partial charge in [0.25, 0.3) is 5.91 Å². The predicted molar refractivity (Wildman–Crippen MR) is 132 cm³/mol. The summed E-state index contributed by atoms with van der Waals surface area (Å²) in [5.74, 6) is 2.88. The minimum atomic E-state index is -0.256. The summed E-state index contributed by atoms with van der Waals surface area (Å²) in [6.07, 6.45) is 5.49. The molecule has 0 unspecified atom stereocenters. The van der Waals surface area contributed by atoms with Crippen molar-refractivity contribution < 1.29 is 9.59 Å². The van der Waals surface area contributed by atoms with Gasteiger partial charge in [0, 0.05) is 31.9 Å². The van der Waals surface area contributed by atoms with E-state index in [4.69, 9.17) is 6.42 Å². The minimum absolute atomic E-state index is 0.0692. The van der Waals surface area contributed by atoms with Crippen LogP contribution in [0.5, 0.6) is 0 Å². The van der Waals surface area contributed by atoms with E-state index < -0.39 is 0 Å². The van der Waals surface area contributed by atoms with E-state index in [2.05, 4.69) is 27.9 Å². The van der Waals surface area contributed by atoms with Gasteiger partial charge in [0.15, 0.2) is 4.80 Å². The smallest absolute Gasteiger partial charge is 0.258 e. The molecule has 0 N–H and O–H groups in total. The Bertz CT molecular complexity index is 1200. The highest BCUT2D eigenvalue weighted by Gasteiger charge is 2.21. The van der Waals surface area contributed by atoms with Crippen molar-refractivity contribution in [3.8, 4) is 12.3 Å². The number of carbonyl (C=O) groups excluding carboxylic acids is 2. The number of hydrogen-bond acceptors (Lipinski definition) is 5. The molecule has 1 fully saturated rings.